The lowest BCUT2D eigenvalue weighted by Gasteiger charge is -2.16. The fraction of sp³-hybridized carbons (Fsp3) is 0.250. The van der Waals surface area contributed by atoms with E-state index >= 15 is 0 Å². The summed E-state index contributed by atoms with van der Waals surface area (Å²) in [7, 11) is 0. The molecular weight excluding hydrogens is 307 g/mol. The van der Waals surface area contributed by atoms with Gasteiger partial charge >= 0.3 is 0 Å². The minimum absolute atomic E-state index is 0.326. The van der Waals surface area contributed by atoms with Gasteiger partial charge in [-0.1, -0.05) is 18.2 Å². The van der Waals surface area contributed by atoms with Crippen LogP contribution >= 0.6 is 15.9 Å². The molecule has 0 radical (unpaired) electrons. The highest BCUT2D eigenvalue weighted by Gasteiger charge is 2.15. The summed E-state index contributed by atoms with van der Waals surface area (Å²) in [6, 6.07) is 8.64. The van der Waals surface area contributed by atoms with E-state index in [1.807, 2.05) is 26.8 Å². The Hall–Kier alpha value is -1.19. The molecule has 2 aromatic rings. The Kier molecular flexibility index (Phi) is 4.07. The molecule has 1 atom stereocenters. The SMILES string of the molecule is Cc1cc(C)c(C(O)c2ccc(F)c(Br)c2)cc1C. The third-order valence-electron chi connectivity index (χ3n) is 3.44. The van der Waals surface area contributed by atoms with E-state index in [0.717, 1.165) is 16.7 Å². The van der Waals surface area contributed by atoms with Gasteiger partial charge in [0.1, 0.15) is 11.9 Å². The number of hydrogen-bond donors (Lipinski definition) is 1. The lowest BCUT2D eigenvalue weighted by molar-refractivity contribution is 0.219. The van der Waals surface area contributed by atoms with Crippen LogP contribution in [0, 0.1) is 26.6 Å². The Morgan fingerprint density at radius 1 is 1.00 bits per heavy atom. The van der Waals surface area contributed by atoms with Crippen LogP contribution in [0.2, 0.25) is 0 Å². The van der Waals surface area contributed by atoms with Gasteiger partial charge in [0.05, 0.1) is 4.47 Å². The van der Waals surface area contributed by atoms with Gasteiger partial charge in [0.25, 0.3) is 0 Å². The molecule has 0 aromatic heterocycles. The van der Waals surface area contributed by atoms with Gasteiger partial charge in [0.15, 0.2) is 0 Å². The maximum Gasteiger partial charge on any atom is 0.137 e. The molecule has 1 N–H and O–H groups in total. The Morgan fingerprint density at radius 2 is 1.63 bits per heavy atom. The highest BCUT2D eigenvalue weighted by Crippen LogP contribution is 2.29. The first-order valence-corrected chi connectivity index (χ1v) is 6.90. The topological polar surface area (TPSA) is 20.2 Å². The molecule has 2 rings (SSSR count). The van der Waals surface area contributed by atoms with Crippen molar-refractivity contribution in [2.75, 3.05) is 0 Å². The molecule has 100 valence electrons. The first-order chi connectivity index (χ1) is 8.90. The van der Waals surface area contributed by atoms with E-state index in [0.29, 0.717) is 10.0 Å². The molecule has 0 fully saturated rings. The summed E-state index contributed by atoms with van der Waals surface area (Å²) in [6.07, 6.45) is -0.740. The number of aryl methyl sites for hydroxylation is 3. The zero-order valence-electron chi connectivity index (χ0n) is 11.2. The highest BCUT2D eigenvalue weighted by molar-refractivity contribution is 9.10. The second-order valence-corrected chi connectivity index (χ2v) is 5.72. The molecule has 0 saturated carbocycles. The monoisotopic (exact) mass is 322 g/mol. The summed E-state index contributed by atoms with van der Waals surface area (Å²) in [6.45, 7) is 6.04. The quantitative estimate of drug-likeness (QED) is 0.857. The van der Waals surface area contributed by atoms with Crippen LogP contribution in [-0.2, 0) is 0 Å². The van der Waals surface area contributed by atoms with Crippen molar-refractivity contribution < 1.29 is 9.50 Å². The first-order valence-electron chi connectivity index (χ1n) is 6.11. The largest absolute Gasteiger partial charge is 0.384 e. The fourth-order valence-corrected chi connectivity index (χ4v) is 2.54. The van der Waals surface area contributed by atoms with Gasteiger partial charge in [-0.3, -0.25) is 0 Å². The van der Waals surface area contributed by atoms with Crippen molar-refractivity contribution in [2.45, 2.75) is 26.9 Å². The molecule has 0 saturated heterocycles. The summed E-state index contributed by atoms with van der Waals surface area (Å²) in [5.74, 6) is -0.326. The zero-order valence-corrected chi connectivity index (χ0v) is 12.8. The Labute approximate surface area is 121 Å². The van der Waals surface area contributed by atoms with Gasteiger partial charge < -0.3 is 5.11 Å². The van der Waals surface area contributed by atoms with Crippen LogP contribution in [-0.4, -0.2) is 5.11 Å². The van der Waals surface area contributed by atoms with E-state index in [1.54, 1.807) is 12.1 Å². The van der Waals surface area contributed by atoms with Gasteiger partial charge in [-0.15, -0.1) is 0 Å². The number of rotatable bonds is 2. The normalized spacial score (nSPS) is 12.5. The van der Waals surface area contributed by atoms with Gasteiger partial charge in [-0.2, -0.15) is 0 Å². The van der Waals surface area contributed by atoms with Crippen molar-refractivity contribution in [3.63, 3.8) is 0 Å². The molecule has 0 aliphatic rings. The van der Waals surface area contributed by atoms with Crippen LogP contribution in [0.4, 0.5) is 4.39 Å². The van der Waals surface area contributed by atoms with E-state index in [2.05, 4.69) is 22.0 Å². The standard InChI is InChI=1S/C16H16BrFO/c1-9-6-11(3)13(7-10(9)2)16(19)12-4-5-15(18)14(17)8-12/h4-8,16,19H,1-3H3. The van der Waals surface area contributed by atoms with Gasteiger partial charge in [-0.05, 0) is 76.7 Å². The van der Waals surface area contributed by atoms with Crippen molar-refractivity contribution in [3.8, 4) is 0 Å². The third kappa shape index (κ3) is 2.88. The summed E-state index contributed by atoms with van der Waals surface area (Å²) >= 11 is 3.15. The number of aliphatic hydroxyl groups is 1. The molecule has 1 unspecified atom stereocenters. The van der Waals surface area contributed by atoms with Gasteiger partial charge in [-0.25, -0.2) is 4.39 Å². The van der Waals surface area contributed by atoms with Crippen molar-refractivity contribution in [2.24, 2.45) is 0 Å². The molecule has 0 heterocycles. The van der Waals surface area contributed by atoms with Crippen molar-refractivity contribution in [1.82, 2.24) is 0 Å². The molecule has 2 aromatic carbocycles. The second-order valence-electron chi connectivity index (χ2n) is 4.87. The fourth-order valence-electron chi connectivity index (χ4n) is 2.14. The van der Waals surface area contributed by atoms with Crippen LogP contribution in [0.3, 0.4) is 0 Å². The summed E-state index contributed by atoms with van der Waals surface area (Å²) in [5.41, 5.74) is 4.92. The molecule has 19 heavy (non-hydrogen) atoms. The summed E-state index contributed by atoms with van der Waals surface area (Å²) < 4.78 is 13.6. The molecule has 0 amide bonds. The molecule has 1 nitrogen and oxygen atoms in total. The van der Waals surface area contributed by atoms with Crippen molar-refractivity contribution >= 4 is 15.9 Å². The lowest BCUT2D eigenvalue weighted by atomic mass is 9.93. The predicted octanol–water partition coefficient (Wildman–Crippen LogP) is 4.60. The molecule has 0 spiro atoms. The first kappa shape index (κ1) is 14.2. The average Bonchev–Trinajstić information content (AvgIpc) is 2.36. The number of benzene rings is 2. The van der Waals surface area contributed by atoms with E-state index in [-0.39, 0.29) is 5.82 Å². The van der Waals surface area contributed by atoms with Gasteiger partial charge in [0, 0.05) is 0 Å². The van der Waals surface area contributed by atoms with Crippen LogP contribution in [0.1, 0.15) is 33.9 Å². The molecular formula is C16H16BrFO. The van der Waals surface area contributed by atoms with E-state index < -0.39 is 6.10 Å². The van der Waals surface area contributed by atoms with Crippen LogP contribution in [0.15, 0.2) is 34.8 Å². The van der Waals surface area contributed by atoms with Crippen LogP contribution in [0.25, 0.3) is 0 Å². The van der Waals surface area contributed by atoms with Crippen molar-refractivity contribution in [1.29, 1.82) is 0 Å². The van der Waals surface area contributed by atoms with Gasteiger partial charge in [0.2, 0.25) is 0 Å². The Bertz CT molecular complexity index is 622. The van der Waals surface area contributed by atoms with E-state index in [1.165, 1.54) is 11.6 Å². The number of hydrogen-bond acceptors (Lipinski definition) is 1. The lowest BCUT2D eigenvalue weighted by Crippen LogP contribution is -2.04. The second kappa shape index (κ2) is 5.43. The molecule has 0 aliphatic heterocycles. The maximum absolute atomic E-state index is 13.2. The molecule has 3 heteroatoms. The minimum Gasteiger partial charge on any atom is -0.384 e. The van der Waals surface area contributed by atoms with Crippen molar-refractivity contribution in [3.05, 3.63) is 68.4 Å². The summed E-state index contributed by atoms with van der Waals surface area (Å²) in [4.78, 5) is 0. The van der Waals surface area contributed by atoms with E-state index in [4.69, 9.17) is 0 Å². The highest BCUT2D eigenvalue weighted by atomic mass is 79.9. The smallest absolute Gasteiger partial charge is 0.137 e. The maximum atomic E-state index is 13.2. The molecule has 0 aliphatic carbocycles. The van der Waals surface area contributed by atoms with Crippen LogP contribution in [0.5, 0.6) is 0 Å². The molecule has 0 bridgehead atoms. The Morgan fingerprint density at radius 3 is 2.26 bits per heavy atom. The minimum atomic E-state index is -0.740. The Balaban J connectivity index is 2.46. The zero-order chi connectivity index (χ0) is 14.2. The predicted molar refractivity (Wildman–Crippen MR) is 78.8 cm³/mol. The van der Waals surface area contributed by atoms with Crippen LogP contribution < -0.4 is 0 Å². The average molecular weight is 323 g/mol. The third-order valence-corrected chi connectivity index (χ3v) is 4.04. The number of aliphatic hydroxyl groups excluding tert-OH is 1. The van der Waals surface area contributed by atoms with E-state index in [9.17, 15) is 9.50 Å². The summed E-state index contributed by atoms with van der Waals surface area (Å²) in [5, 5.41) is 10.5. The number of halogens is 2.